The number of carbonyl (C=O) groups is 2. The van der Waals surface area contributed by atoms with Crippen LogP contribution in [-0.4, -0.2) is 56.0 Å². The van der Waals surface area contributed by atoms with Crippen LogP contribution in [0.4, 0.5) is 0 Å². The number of hydrogen-bond donors (Lipinski definition) is 3. The second kappa shape index (κ2) is 8.16. The number of piperidine rings is 1. The van der Waals surface area contributed by atoms with Crippen LogP contribution in [0, 0.1) is 13.8 Å². The van der Waals surface area contributed by atoms with Crippen LogP contribution in [-0.2, 0) is 22.4 Å². The zero-order valence-corrected chi connectivity index (χ0v) is 15.3. The summed E-state index contributed by atoms with van der Waals surface area (Å²) in [5, 5.41) is 10.1. The van der Waals surface area contributed by atoms with Gasteiger partial charge in [0, 0.05) is 48.7 Å². The van der Waals surface area contributed by atoms with Gasteiger partial charge in [-0.2, -0.15) is 5.10 Å². The van der Waals surface area contributed by atoms with E-state index in [-0.39, 0.29) is 17.9 Å². The summed E-state index contributed by atoms with van der Waals surface area (Å²) in [4.78, 5) is 33.5. The Morgan fingerprint density at radius 2 is 2.08 bits per heavy atom. The maximum atomic E-state index is 12.3. The first-order valence-corrected chi connectivity index (χ1v) is 9.07. The molecular weight excluding hydrogens is 332 g/mol. The third kappa shape index (κ3) is 4.50. The van der Waals surface area contributed by atoms with Gasteiger partial charge in [-0.25, -0.2) is 4.98 Å². The average Bonchev–Trinajstić information content (AvgIpc) is 3.26. The van der Waals surface area contributed by atoms with E-state index in [1.165, 1.54) is 0 Å². The molecule has 1 aliphatic rings. The number of H-pyrrole nitrogens is 2. The van der Waals surface area contributed by atoms with Gasteiger partial charge in [0.2, 0.25) is 11.8 Å². The van der Waals surface area contributed by atoms with Crippen LogP contribution >= 0.6 is 0 Å². The molecule has 3 N–H and O–H groups in total. The number of aromatic nitrogens is 4. The number of rotatable bonds is 6. The molecular formula is C18H26N6O2. The molecule has 0 unspecified atom stereocenters. The lowest BCUT2D eigenvalue weighted by molar-refractivity contribution is -0.132. The Bertz CT molecular complexity index is 724. The maximum absolute atomic E-state index is 12.3. The lowest BCUT2D eigenvalue weighted by atomic mass is 10.0. The zero-order valence-electron chi connectivity index (χ0n) is 15.3. The lowest BCUT2D eigenvalue weighted by Crippen LogP contribution is -2.47. The van der Waals surface area contributed by atoms with Crippen molar-refractivity contribution in [2.45, 2.75) is 52.0 Å². The van der Waals surface area contributed by atoms with E-state index in [0.29, 0.717) is 32.4 Å². The smallest absolute Gasteiger partial charge is 0.224 e. The Balaban J connectivity index is 1.40. The summed E-state index contributed by atoms with van der Waals surface area (Å²) in [7, 11) is 0. The molecule has 3 rings (SSSR count). The zero-order chi connectivity index (χ0) is 18.5. The van der Waals surface area contributed by atoms with Crippen LogP contribution in [0.1, 0.15) is 41.9 Å². The third-order valence-electron chi connectivity index (χ3n) is 4.99. The van der Waals surface area contributed by atoms with Crippen molar-refractivity contribution >= 4 is 11.8 Å². The van der Waals surface area contributed by atoms with E-state index in [4.69, 9.17) is 0 Å². The molecule has 26 heavy (non-hydrogen) atoms. The Morgan fingerprint density at radius 3 is 2.69 bits per heavy atom. The Morgan fingerprint density at radius 1 is 1.31 bits per heavy atom. The SMILES string of the molecule is Cc1n[nH]c(C)c1CC(=O)NC1CCN(C(=O)CCc2cnc[nH]2)CC1. The lowest BCUT2D eigenvalue weighted by Gasteiger charge is -2.32. The molecule has 0 bridgehead atoms. The van der Waals surface area contributed by atoms with Gasteiger partial charge in [-0.1, -0.05) is 0 Å². The number of aryl methyl sites for hydroxylation is 3. The van der Waals surface area contributed by atoms with Crippen LogP contribution in [0.15, 0.2) is 12.5 Å². The minimum atomic E-state index is 0.0154. The number of amides is 2. The molecule has 8 nitrogen and oxygen atoms in total. The molecule has 3 heterocycles. The fourth-order valence-corrected chi connectivity index (χ4v) is 3.37. The molecule has 2 aromatic heterocycles. The summed E-state index contributed by atoms with van der Waals surface area (Å²) in [6.45, 7) is 5.21. The van der Waals surface area contributed by atoms with Crippen molar-refractivity contribution in [1.29, 1.82) is 0 Å². The van der Waals surface area contributed by atoms with Crippen molar-refractivity contribution < 1.29 is 9.59 Å². The number of imidazole rings is 1. The number of aromatic amines is 2. The number of nitrogens with one attached hydrogen (secondary N) is 3. The van der Waals surface area contributed by atoms with Crippen molar-refractivity contribution in [1.82, 2.24) is 30.4 Å². The molecule has 0 atom stereocenters. The number of hydrogen-bond acceptors (Lipinski definition) is 4. The molecule has 0 saturated carbocycles. The summed E-state index contributed by atoms with van der Waals surface area (Å²) in [6.07, 6.45) is 6.48. The van der Waals surface area contributed by atoms with Crippen LogP contribution in [0.2, 0.25) is 0 Å². The highest BCUT2D eigenvalue weighted by Crippen LogP contribution is 2.14. The molecule has 0 radical (unpaired) electrons. The predicted octanol–water partition coefficient (Wildman–Crippen LogP) is 1.03. The summed E-state index contributed by atoms with van der Waals surface area (Å²) in [6, 6.07) is 0.131. The van der Waals surface area contributed by atoms with Gasteiger partial charge in [0.1, 0.15) is 0 Å². The molecule has 8 heteroatoms. The monoisotopic (exact) mass is 358 g/mol. The summed E-state index contributed by atoms with van der Waals surface area (Å²) in [5.74, 6) is 0.177. The van der Waals surface area contributed by atoms with E-state index in [1.54, 1.807) is 12.5 Å². The second-order valence-electron chi connectivity index (χ2n) is 6.89. The highest BCUT2D eigenvalue weighted by molar-refractivity contribution is 5.79. The first kappa shape index (κ1) is 18.2. The molecule has 2 aromatic rings. The average molecular weight is 358 g/mol. The van der Waals surface area contributed by atoms with Crippen LogP contribution in [0.25, 0.3) is 0 Å². The fourth-order valence-electron chi connectivity index (χ4n) is 3.37. The second-order valence-corrected chi connectivity index (χ2v) is 6.89. The normalized spacial score (nSPS) is 15.2. The molecule has 140 valence electrons. The van der Waals surface area contributed by atoms with Crippen molar-refractivity contribution in [3.8, 4) is 0 Å². The number of likely N-dealkylation sites (tertiary alicyclic amines) is 1. The van der Waals surface area contributed by atoms with Crippen molar-refractivity contribution in [2.75, 3.05) is 13.1 Å². The van der Waals surface area contributed by atoms with Crippen molar-refractivity contribution in [3.05, 3.63) is 35.2 Å². The van der Waals surface area contributed by atoms with Gasteiger partial charge in [0.15, 0.2) is 0 Å². The largest absolute Gasteiger partial charge is 0.353 e. The summed E-state index contributed by atoms with van der Waals surface area (Å²) >= 11 is 0. The molecule has 2 amide bonds. The first-order chi connectivity index (χ1) is 12.5. The van der Waals surface area contributed by atoms with E-state index in [2.05, 4.69) is 25.5 Å². The van der Waals surface area contributed by atoms with E-state index in [1.807, 2.05) is 18.7 Å². The minimum Gasteiger partial charge on any atom is -0.353 e. The van der Waals surface area contributed by atoms with Gasteiger partial charge in [-0.05, 0) is 33.1 Å². The van der Waals surface area contributed by atoms with E-state index < -0.39 is 0 Å². The highest BCUT2D eigenvalue weighted by atomic mass is 16.2. The minimum absolute atomic E-state index is 0.0154. The van der Waals surface area contributed by atoms with Crippen LogP contribution in [0.3, 0.4) is 0 Å². The third-order valence-corrected chi connectivity index (χ3v) is 4.99. The molecule has 1 fully saturated rings. The summed E-state index contributed by atoms with van der Waals surface area (Å²) in [5.41, 5.74) is 3.75. The van der Waals surface area contributed by atoms with E-state index in [9.17, 15) is 9.59 Å². The fraction of sp³-hybridized carbons (Fsp3) is 0.556. The van der Waals surface area contributed by atoms with E-state index in [0.717, 1.165) is 35.5 Å². The first-order valence-electron chi connectivity index (χ1n) is 9.07. The Kier molecular flexibility index (Phi) is 5.70. The predicted molar refractivity (Wildman–Crippen MR) is 96.4 cm³/mol. The maximum Gasteiger partial charge on any atom is 0.224 e. The van der Waals surface area contributed by atoms with Crippen LogP contribution < -0.4 is 5.32 Å². The molecule has 0 aromatic carbocycles. The summed E-state index contributed by atoms with van der Waals surface area (Å²) < 4.78 is 0. The molecule has 0 spiro atoms. The molecule has 1 aliphatic heterocycles. The van der Waals surface area contributed by atoms with E-state index >= 15 is 0 Å². The van der Waals surface area contributed by atoms with Gasteiger partial charge >= 0.3 is 0 Å². The van der Waals surface area contributed by atoms with Gasteiger partial charge in [0.05, 0.1) is 18.4 Å². The standard InChI is InChI=1S/C18H26N6O2/c1-12-16(13(2)23-22-12)9-17(25)21-14-5-7-24(8-6-14)18(26)4-3-15-10-19-11-20-15/h10-11,14H,3-9H2,1-2H3,(H,19,20)(H,21,25)(H,22,23). The molecule has 1 saturated heterocycles. The Labute approximate surface area is 152 Å². The van der Waals surface area contributed by atoms with Gasteiger partial charge < -0.3 is 15.2 Å². The van der Waals surface area contributed by atoms with Crippen molar-refractivity contribution in [2.24, 2.45) is 0 Å². The Hall–Kier alpha value is -2.64. The van der Waals surface area contributed by atoms with Gasteiger partial charge in [-0.15, -0.1) is 0 Å². The molecule has 0 aliphatic carbocycles. The highest BCUT2D eigenvalue weighted by Gasteiger charge is 2.24. The quantitative estimate of drug-likeness (QED) is 0.717. The topological polar surface area (TPSA) is 107 Å². The number of carbonyl (C=O) groups excluding carboxylic acids is 2. The number of nitrogens with zero attached hydrogens (tertiary/aromatic N) is 3. The van der Waals surface area contributed by atoms with Gasteiger partial charge in [0.25, 0.3) is 0 Å². The van der Waals surface area contributed by atoms with Gasteiger partial charge in [-0.3, -0.25) is 14.7 Å². The van der Waals surface area contributed by atoms with Crippen LogP contribution in [0.5, 0.6) is 0 Å². The van der Waals surface area contributed by atoms with Crippen molar-refractivity contribution in [3.63, 3.8) is 0 Å².